The van der Waals surface area contributed by atoms with Crippen LogP contribution in [0.3, 0.4) is 0 Å². The lowest BCUT2D eigenvalue weighted by Gasteiger charge is -2.32. The number of aliphatic hydroxyl groups is 1. The van der Waals surface area contributed by atoms with Crippen LogP contribution in [-0.4, -0.2) is 51.7 Å². The number of anilines is 1. The largest absolute Gasteiger partial charge is 0.495 e. The average Bonchev–Trinajstić information content (AvgIpc) is 3.20. The lowest BCUT2D eigenvalue weighted by molar-refractivity contribution is 0.240. The molecule has 0 saturated carbocycles. The first-order chi connectivity index (χ1) is 14.2. The van der Waals surface area contributed by atoms with Crippen LogP contribution in [0, 0.1) is 12.8 Å². The lowest BCUT2D eigenvalue weighted by Crippen LogP contribution is -2.34. The number of methoxy groups -OCH3 is 1. The van der Waals surface area contributed by atoms with Gasteiger partial charge in [-0.15, -0.1) is 22.6 Å². The zero-order valence-corrected chi connectivity index (χ0v) is 18.2. The van der Waals surface area contributed by atoms with Gasteiger partial charge in [0.1, 0.15) is 5.75 Å². The van der Waals surface area contributed by atoms with Gasteiger partial charge >= 0.3 is 0 Å². The van der Waals surface area contributed by atoms with Crippen LogP contribution in [0.15, 0.2) is 42.9 Å². The number of halogens is 1. The average molecular weight is 430 g/mol. The second-order valence-corrected chi connectivity index (χ2v) is 7.53. The molecule has 4 rings (SSSR count). The minimum absolute atomic E-state index is 0. The van der Waals surface area contributed by atoms with Gasteiger partial charge in [0.2, 0.25) is 0 Å². The van der Waals surface area contributed by atoms with Crippen LogP contribution in [0.5, 0.6) is 5.75 Å². The van der Waals surface area contributed by atoms with Crippen molar-refractivity contribution < 1.29 is 9.84 Å². The number of nitrogens with zero attached hydrogens (tertiary/aromatic N) is 5. The van der Waals surface area contributed by atoms with E-state index in [-0.39, 0.29) is 19.0 Å². The topological polar surface area (TPSA) is 76.3 Å². The van der Waals surface area contributed by atoms with E-state index in [1.54, 1.807) is 13.4 Å². The summed E-state index contributed by atoms with van der Waals surface area (Å²) in [6.45, 7) is 4.17. The summed E-state index contributed by atoms with van der Waals surface area (Å²) in [6.07, 6.45) is 6.84. The maximum Gasteiger partial charge on any atom is 0.151 e. The predicted molar refractivity (Wildman–Crippen MR) is 120 cm³/mol. The van der Waals surface area contributed by atoms with Gasteiger partial charge in [0, 0.05) is 31.5 Å². The van der Waals surface area contributed by atoms with Gasteiger partial charge in [0.15, 0.2) is 5.82 Å². The summed E-state index contributed by atoms with van der Waals surface area (Å²) >= 11 is 0. The van der Waals surface area contributed by atoms with Crippen molar-refractivity contribution in [3.63, 3.8) is 0 Å². The van der Waals surface area contributed by atoms with Gasteiger partial charge in [-0.2, -0.15) is 0 Å². The molecule has 0 aliphatic carbocycles. The van der Waals surface area contributed by atoms with Gasteiger partial charge in [-0.05, 0) is 56.4 Å². The number of rotatable bonds is 6. The molecule has 1 aliphatic rings. The Morgan fingerprint density at radius 3 is 2.53 bits per heavy atom. The molecule has 2 aromatic heterocycles. The molecule has 0 bridgehead atoms. The number of imidazole rings is 1. The number of hydrogen-bond acceptors (Lipinski definition) is 6. The van der Waals surface area contributed by atoms with Crippen molar-refractivity contribution in [2.45, 2.75) is 26.2 Å². The Morgan fingerprint density at radius 1 is 1.13 bits per heavy atom. The number of aliphatic hydroxyl groups excluding tert-OH is 1. The highest BCUT2D eigenvalue weighted by Crippen LogP contribution is 2.30. The van der Waals surface area contributed by atoms with Gasteiger partial charge in [0.05, 0.1) is 30.5 Å². The first kappa shape index (κ1) is 22.1. The minimum atomic E-state index is 0. The molecular weight excluding hydrogens is 402 g/mol. The quantitative estimate of drug-likeness (QED) is 0.644. The van der Waals surface area contributed by atoms with Crippen LogP contribution in [0.1, 0.15) is 25.0 Å². The molecule has 160 valence electrons. The van der Waals surface area contributed by atoms with E-state index in [0.29, 0.717) is 5.92 Å². The van der Waals surface area contributed by atoms with Gasteiger partial charge in [-0.25, -0.2) is 4.98 Å². The van der Waals surface area contributed by atoms with Gasteiger partial charge in [0.25, 0.3) is 0 Å². The molecule has 0 radical (unpaired) electrons. The van der Waals surface area contributed by atoms with E-state index in [1.807, 2.05) is 48.0 Å². The van der Waals surface area contributed by atoms with Crippen molar-refractivity contribution in [3.8, 4) is 22.7 Å². The van der Waals surface area contributed by atoms with E-state index in [1.165, 1.54) is 0 Å². The molecule has 7 nitrogen and oxygen atoms in total. The molecular formula is C22H28ClN5O2. The molecule has 1 aromatic carbocycles. The summed E-state index contributed by atoms with van der Waals surface area (Å²) in [5.74, 6) is 2.29. The highest BCUT2D eigenvalue weighted by atomic mass is 35.5. The van der Waals surface area contributed by atoms with Crippen molar-refractivity contribution >= 4 is 18.2 Å². The maximum atomic E-state index is 9.11. The molecule has 0 spiro atoms. The van der Waals surface area contributed by atoms with Gasteiger partial charge in [-0.3, -0.25) is 0 Å². The molecule has 0 atom stereocenters. The third-order valence-corrected chi connectivity index (χ3v) is 5.59. The van der Waals surface area contributed by atoms with E-state index in [9.17, 15) is 0 Å². The van der Waals surface area contributed by atoms with Crippen molar-refractivity contribution in [2.24, 2.45) is 5.92 Å². The first-order valence-electron chi connectivity index (χ1n) is 10.1. The first-order valence-corrected chi connectivity index (χ1v) is 10.1. The Labute approximate surface area is 183 Å². The third kappa shape index (κ3) is 4.74. The zero-order chi connectivity index (χ0) is 20.2. The molecule has 1 N–H and O–H groups in total. The minimum Gasteiger partial charge on any atom is -0.495 e. The van der Waals surface area contributed by atoms with E-state index < -0.39 is 0 Å². The van der Waals surface area contributed by atoms with Crippen LogP contribution in [0.4, 0.5) is 5.82 Å². The highest BCUT2D eigenvalue weighted by molar-refractivity contribution is 5.85. The summed E-state index contributed by atoms with van der Waals surface area (Å²) in [5.41, 5.74) is 3.67. The molecule has 3 heterocycles. The number of benzene rings is 1. The molecule has 1 aliphatic heterocycles. The maximum absolute atomic E-state index is 9.11. The normalized spacial score (nSPS) is 14.4. The zero-order valence-electron chi connectivity index (χ0n) is 17.4. The molecule has 8 heteroatoms. The van der Waals surface area contributed by atoms with Crippen LogP contribution in [0.2, 0.25) is 0 Å². The fraction of sp³-hybridized carbons (Fsp3) is 0.409. The smallest absolute Gasteiger partial charge is 0.151 e. The Kier molecular flexibility index (Phi) is 7.29. The molecule has 3 aromatic rings. The summed E-state index contributed by atoms with van der Waals surface area (Å²) in [7, 11) is 1.67. The van der Waals surface area contributed by atoms with Crippen molar-refractivity contribution in [3.05, 3.63) is 48.5 Å². The number of hydrogen-bond donors (Lipinski definition) is 1. The van der Waals surface area contributed by atoms with Crippen LogP contribution >= 0.6 is 12.4 Å². The third-order valence-electron chi connectivity index (χ3n) is 5.59. The monoisotopic (exact) mass is 429 g/mol. The second-order valence-electron chi connectivity index (χ2n) is 7.53. The SMILES string of the molecule is COc1cc(-c2ccc(N3CCC(CCO)CC3)nn2)ccc1-n1cnc(C)c1.Cl. The molecule has 1 fully saturated rings. The van der Waals surface area contributed by atoms with E-state index in [2.05, 4.69) is 20.1 Å². The van der Waals surface area contributed by atoms with Crippen molar-refractivity contribution in [1.29, 1.82) is 0 Å². The summed E-state index contributed by atoms with van der Waals surface area (Å²) in [5, 5.41) is 18.0. The van der Waals surface area contributed by atoms with Gasteiger partial charge in [-0.1, -0.05) is 6.07 Å². The Hall–Kier alpha value is -2.64. The standard InChI is InChI=1S/C22H27N5O2.ClH/c1-16-14-27(15-23-16)20-5-3-18(13-21(20)29-2)19-4-6-22(25-24-19)26-10-7-17(8-11-26)9-12-28;/h3-6,13-15,17,28H,7-12H2,1-2H3;1H. The summed E-state index contributed by atoms with van der Waals surface area (Å²) < 4.78 is 7.55. The van der Waals surface area contributed by atoms with Gasteiger partial charge < -0.3 is 19.3 Å². The Bertz CT molecular complexity index is 952. The summed E-state index contributed by atoms with van der Waals surface area (Å²) in [6, 6.07) is 10.1. The molecule has 0 amide bonds. The number of aromatic nitrogens is 4. The van der Waals surface area contributed by atoms with Crippen LogP contribution < -0.4 is 9.64 Å². The fourth-order valence-corrected chi connectivity index (χ4v) is 3.88. The Morgan fingerprint density at radius 2 is 1.93 bits per heavy atom. The highest BCUT2D eigenvalue weighted by Gasteiger charge is 2.20. The Balaban J connectivity index is 0.00000256. The second kappa shape index (κ2) is 9.91. The molecule has 1 saturated heterocycles. The van der Waals surface area contributed by atoms with E-state index in [4.69, 9.17) is 9.84 Å². The van der Waals surface area contributed by atoms with E-state index >= 15 is 0 Å². The van der Waals surface area contributed by atoms with Crippen molar-refractivity contribution in [1.82, 2.24) is 19.7 Å². The van der Waals surface area contributed by atoms with Crippen LogP contribution in [0.25, 0.3) is 16.9 Å². The number of ether oxygens (including phenoxy) is 1. The van der Waals surface area contributed by atoms with E-state index in [0.717, 1.165) is 66.6 Å². The summed E-state index contributed by atoms with van der Waals surface area (Å²) in [4.78, 5) is 6.56. The van der Waals surface area contributed by atoms with Crippen molar-refractivity contribution in [2.75, 3.05) is 31.7 Å². The molecule has 0 unspecified atom stereocenters. The fourth-order valence-electron chi connectivity index (χ4n) is 3.88. The number of piperidine rings is 1. The van der Waals surface area contributed by atoms with Crippen LogP contribution in [-0.2, 0) is 0 Å². The molecule has 30 heavy (non-hydrogen) atoms. The predicted octanol–water partition coefficient (Wildman–Crippen LogP) is 3.67. The number of aryl methyl sites for hydroxylation is 1. The lowest BCUT2D eigenvalue weighted by atomic mass is 9.94.